The molecule has 0 bridgehead atoms. The lowest BCUT2D eigenvalue weighted by Crippen LogP contribution is -2.41. The van der Waals surface area contributed by atoms with Crippen molar-refractivity contribution in [2.75, 3.05) is 25.0 Å². The van der Waals surface area contributed by atoms with Crippen LogP contribution in [0.3, 0.4) is 0 Å². The van der Waals surface area contributed by atoms with Crippen molar-refractivity contribution in [3.05, 3.63) is 29.3 Å². The highest BCUT2D eigenvalue weighted by atomic mass is 16.5. The minimum atomic E-state index is -0.296. The zero-order valence-corrected chi connectivity index (χ0v) is 19.6. The molecule has 1 saturated heterocycles. The second-order valence-corrected chi connectivity index (χ2v) is 9.40. The van der Waals surface area contributed by atoms with Gasteiger partial charge in [0, 0.05) is 25.2 Å². The molecule has 5 heteroatoms. The first-order valence-corrected chi connectivity index (χ1v) is 11.5. The number of hydrogen-bond acceptors (Lipinski definition) is 3. The summed E-state index contributed by atoms with van der Waals surface area (Å²) in [6, 6.07) is 6.28. The van der Waals surface area contributed by atoms with Gasteiger partial charge in [-0.3, -0.25) is 9.59 Å². The fourth-order valence-corrected chi connectivity index (χ4v) is 3.95. The minimum absolute atomic E-state index is 0.0690. The van der Waals surface area contributed by atoms with E-state index < -0.39 is 0 Å². The average molecular weight is 417 g/mol. The van der Waals surface area contributed by atoms with Gasteiger partial charge in [-0.05, 0) is 82.1 Å². The number of likely N-dealkylation sites (tertiary alicyclic amines) is 1. The maximum Gasteiger partial charge on any atom is 0.248 e. The van der Waals surface area contributed by atoms with Gasteiger partial charge in [0.05, 0.1) is 5.60 Å². The topological polar surface area (TPSA) is 58.6 Å². The van der Waals surface area contributed by atoms with Crippen molar-refractivity contribution >= 4 is 17.5 Å². The monoisotopic (exact) mass is 416 g/mol. The van der Waals surface area contributed by atoms with Gasteiger partial charge in [0.2, 0.25) is 11.8 Å². The minimum Gasteiger partial charge on any atom is -0.366 e. The molecule has 0 aromatic heterocycles. The number of ether oxygens (including phenoxy) is 1. The molecule has 2 amide bonds. The highest BCUT2D eigenvalue weighted by Crippen LogP contribution is 2.23. The van der Waals surface area contributed by atoms with Gasteiger partial charge in [0.15, 0.2) is 0 Å². The van der Waals surface area contributed by atoms with Gasteiger partial charge >= 0.3 is 0 Å². The first-order chi connectivity index (χ1) is 14.2. The van der Waals surface area contributed by atoms with Gasteiger partial charge in [-0.15, -0.1) is 0 Å². The number of nitrogens with zero attached hydrogens (tertiary/aromatic N) is 1. The normalized spacial score (nSPS) is 15.3. The van der Waals surface area contributed by atoms with Crippen LogP contribution in [-0.4, -0.2) is 42.0 Å². The first kappa shape index (κ1) is 24.4. The Kier molecular flexibility index (Phi) is 9.35. The lowest BCUT2D eigenvalue weighted by molar-refractivity contribution is -0.142. The van der Waals surface area contributed by atoms with Crippen molar-refractivity contribution in [2.24, 2.45) is 5.92 Å². The van der Waals surface area contributed by atoms with Crippen LogP contribution >= 0.6 is 0 Å². The van der Waals surface area contributed by atoms with E-state index >= 15 is 0 Å². The lowest BCUT2D eigenvalue weighted by Gasteiger charge is -2.32. The van der Waals surface area contributed by atoms with Gasteiger partial charge in [-0.1, -0.05) is 26.3 Å². The number of carbonyl (C=O) groups excluding carboxylic acids is 2. The number of hydrogen-bond donors (Lipinski definition) is 1. The van der Waals surface area contributed by atoms with Crippen LogP contribution in [0.1, 0.15) is 77.8 Å². The molecule has 1 aromatic rings. The van der Waals surface area contributed by atoms with E-state index in [9.17, 15) is 9.59 Å². The number of benzene rings is 1. The highest BCUT2D eigenvalue weighted by Gasteiger charge is 2.24. The molecule has 168 valence electrons. The lowest BCUT2D eigenvalue weighted by atomic mass is 9.92. The van der Waals surface area contributed by atoms with Crippen molar-refractivity contribution in [1.82, 2.24) is 4.90 Å². The van der Waals surface area contributed by atoms with Crippen LogP contribution in [-0.2, 0) is 27.2 Å². The predicted molar refractivity (Wildman–Crippen MR) is 123 cm³/mol. The van der Waals surface area contributed by atoms with E-state index in [0.717, 1.165) is 57.3 Å². The molecule has 0 atom stereocenters. The average Bonchev–Trinajstić information content (AvgIpc) is 2.71. The third-order valence-corrected chi connectivity index (χ3v) is 5.77. The molecule has 1 aromatic carbocycles. The van der Waals surface area contributed by atoms with E-state index in [1.165, 1.54) is 11.1 Å². The first-order valence-electron chi connectivity index (χ1n) is 11.5. The maximum atomic E-state index is 12.4. The summed E-state index contributed by atoms with van der Waals surface area (Å²) < 4.78 is 5.60. The van der Waals surface area contributed by atoms with E-state index in [1.54, 1.807) is 0 Å². The van der Waals surface area contributed by atoms with Crippen molar-refractivity contribution in [1.29, 1.82) is 0 Å². The summed E-state index contributed by atoms with van der Waals surface area (Å²) in [5.74, 6) is 0.653. The molecular formula is C25H40N2O3. The Morgan fingerprint density at radius 1 is 1.13 bits per heavy atom. The maximum absolute atomic E-state index is 12.4. The fraction of sp³-hybridized carbons (Fsp3) is 0.680. The van der Waals surface area contributed by atoms with Gasteiger partial charge in [-0.2, -0.15) is 0 Å². The Morgan fingerprint density at radius 3 is 2.43 bits per heavy atom. The van der Waals surface area contributed by atoms with Crippen molar-refractivity contribution < 1.29 is 14.3 Å². The molecule has 2 rings (SSSR count). The molecule has 30 heavy (non-hydrogen) atoms. The standard InChI is InChI=1S/C25H40N2O3/c1-6-8-21-17-22(11-10-20(21)7-2)26-23(28)12-9-19-13-15-27(16-14-19)24(29)18-30-25(3,4)5/h10-11,17,19H,6-9,12-16,18H2,1-5H3,(H,26,28). The Morgan fingerprint density at radius 2 is 1.83 bits per heavy atom. The molecule has 0 unspecified atom stereocenters. The molecule has 1 fully saturated rings. The zero-order valence-electron chi connectivity index (χ0n) is 19.6. The van der Waals surface area contributed by atoms with Gasteiger partial charge in [0.25, 0.3) is 0 Å². The highest BCUT2D eigenvalue weighted by molar-refractivity contribution is 5.90. The van der Waals surface area contributed by atoms with E-state index in [-0.39, 0.29) is 24.0 Å². The smallest absolute Gasteiger partial charge is 0.248 e. The van der Waals surface area contributed by atoms with Crippen LogP contribution in [0.2, 0.25) is 0 Å². The van der Waals surface area contributed by atoms with E-state index in [2.05, 4.69) is 31.3 Å². The van der Waals surface area contributed by atoms with Crippen molar-refractivity contribution in [2.45, 2.75) is 85.2 Å². The van der Waals surface area contributed by atoms with Crippen molar-refractivity contribution in [3.63, 3.8) is 0 Å². The number of amides is 2. The molecule has 1 N–H and O–H groups in total. The Balaban J connectivity index is 1.73. The third-order valence-electron chi connectivity index (χ3n) is 5.77. The van der Waals surface area contributed by atoms with Crippen LogP contribution < -0.4 is 5.32 Å². The van der Waals surface area contributed by atoms with E-state index in [4.69, 9.17) is 4.74 Å². The number of rotatable bonds is 9. The number of carbonyl (C=O) groups is 2. The number of nitrogens with one attached hydrogen (secondary N) is 1. The van der Waals surface area contributed by atoms with E-state index in [1.807, 2.05) is 31.7 Å². The van der Waals surface area contributed by atoms with Crippen LogP contribution in [0.15, 0.2) is 18.2 Å². The SMILES string of the molecule is CCCc1cc(NC(=O)CCC2CCN(C(=O)COC(C)(C)C)CC2)ccc1CC. The molecule has 5 nitrogen and oxygen atoms in total. The summed E-state index contributed by atoms with van der Waals surface area (Å²) in [7, 11) is 0. The zero-order chi connectivity index (χ0) is 22.1. The van der Waals surface area contributed by atoms with Crippen LogP contribution in [0, 0.1) is 5.92 Å². The summed E-state index contributed by atoms with van der Waals surface area (Å²) in [5.41, 5.74) is 3.31. The molecule has 0 saturated carbocycles. The van der Waals surface area contributed by atoms with Crippen LogP contribution in [0.25, 0.3) is 0 Å². The third kappa shape index (κ3) is 8.10. The quantitative estimate of drug-likeness (QED) is 0.618. The summed E-state index contributed by atoms with van der Waals surface area (Å²) in [4.78, 5) is 26.6. The van der Waals surface area contributed by atoms with E-state index in [0.29, 0.717) is 12.3 Å². The number of aryl methyl sites for hydroxylation is 2. The molecular weight excluding hydrogens is 376 g/mol. The fourth-order valence-electron chi connectivity index (χ4n) is 3.95. The molecule has 1 heterocycles. The number of piperidine rings is 1. The molecule has 0 spiro atoms. The Bertz CT molecular complexity index is 701. The van der Waals surface area contributed by atoms with Crippen LogP contribution in [0.4, 0.5) is 5.69 Å². The van der Waals surface area contributed by atoms with Crippen LogP contribution in [0.5, 0.6) is 0 Å². The Hall–Kier alpha value is -1.88. The number of anilines is 1. The second kappa shape index (κ2) is 11.5. The molecule has 0 aliphatic carbocycles. The predicted octanol–water partition coefficient (Wildman–Crippen LogP) is 4.97. The molecule has 1 aliphatic rings. The van der Waals surface area contributed by atoms with Gasteiger partial charge in [0.1, 0.15) is 6.61 Å². The molecule has 1 aliphatic heterocycles. The summed E-state index contributed by atoms with van der Waals surface area (Å²) in [6.07, 6.45) is 6.50. The largest absolute Gasteiger partial charge is 0.366 e. The summed E-state index contributed by atoms with van der Waals surface area (Å²) in [5, 5.41) is 3.07. The van der Waals surface area contributed by atoms with Gasteiger partial charge in [-0.25, -0.2) is 0 Å². The van der Waals surface area contributed by atoms with Crippen molar-refractivity contribution in [3.8, 4) is 0 Å². The second-order valence-electron chi connectivity index (χ2n) is 9.40. The summed E-state index contributed by atoms with van der Waals surface area (Å²) in [6.45, 7) is 11.9. The molecule has 0 radical (unpaired) electrons. The van der Waals surface area contributed by atoms with Gasteiger partial charge < -0.3 is 15.0 Å². The Labute approximate surface area is 182 Å². The summed E-state index contributed by atoms with van der Waals surface area (Å²) >= 11 is 0.